The molecule has 0 spiro atoms. The van der Waals surface area contributed by atoms with E-state index in [1.807, 2.05) is 0 Å². The zero-order valence-electron chi connectivity index (χ0n) is 13.0. The number of likely N-dealkylation sites (N-methyl/N-ethyl adjacent to an activating group) is 1. The smallest absolute Gasteiger partial charge is 0.243 e. The molecule has 2 rings (SSSR count). The summed E-state index contributed by atoms with van der Waals surface area (Å²) < 4.78 is 50.7. The number of hydrogen-bond donors (Lipinski definition) is 1. The second-order valence-corrected chi connectivity index (χ2v) is 9.54. The van der Waals surface area contributed by atoms with Crippen molar-refractivity contribution in [2.45, 2.75) is 35.6 Å². The minimum absolute atomic E-state index is 0.0287. The zero-order valence-corrected chi connectivity index (χ0v) is 14.7. The van der Waals surface area contributed by atoms with Gasteiger partial charge in [-0.3, -0.25) is 0 Å². The average molecular weight is 346 g/mol. The Morgan fingerprint density at radius 2 is 1.95 bits per heavy atom. The van der Waals surface area contributed by atoms with Gasteiger partial charge in [-0.2, -0.15) is 4.31 Å². The molecule has 1 heterocycles. The van der Waals surface area contributed by atoms with Crippen molar-refractivity contribution in [3.05, 3.63) is 23.8 Å². The van der Waals surface area contributed by atoms with Crippen molar-refractivity contribution in [3.63, 3.8) is 0 Å². The number of aryl methyl sites for hydroxylation is 1. The second-order valence-electron chi connectivity index (χ2n) is 5.67. The van der Waals surface area contributed by atoms with Gasteiger partial charge in [-0.25, -0.2) is 16.8 Å². The molecule has 6 nitrogen and oxygen atoms in total. The summed E-state index contributed by atoms with van der Waals surface area (Å²) in [5.74, 6) is 0. The van der Waals surface area contributed by atoms with Crippen LogP contribution in [-0.4, -0.2) is 53.6 Å². The quantitative estimate of drug-likeness (QED) is 0.851. The van der Waals surface area contributed by atoms with Crippen LogP contribution in [0.2, 0.25) is 0 Å². The molecule has 1 aliphatic heterocycles. The maximum atomic E-state index is 12.9. The lowest BCUT2D eigenvalue weighted by Crippen LogP contribution is -2.41. The number of nitrogens with zero attached hydrogens (tertiary/aromatic N) is 1. The molecule has 1 saturated heterocycles. The highest BCUT2D eigenvalue weighted by molar-refractivity contribution is 7.91. The van der Waals surface area contributed by atoms with E-state index in [2.05, 4.69) is 5.32 Å². The molecule has 0 radical (unpaired) electrons. The van der Waals surface area contributed by atoms with E-state index in [0.29, 0.717) is 18.7 Å². The molecule has 0 saturated carbocycles. The predicted octanol–water partition coefficient (Wildman–Crippen LogP) is 0.771. The van der Waals surface area contributed by atoms with Gasteiger partial charge in [-0.15, -0.1) is 0 Å². The monoisotopic (exact) mass is 346 g/mol. The Morgan fingerprint density at radius 3 is 2.55 bits per heavy atom. The molecule has 0 amide bonds. The fourth-order valence-corrected chi connectivity index (χ4v) is 5.45. The van der Waals surface area contributed by atoms with Crippen LogP contribution in [0.25, 0.3) is 0 Å². The molecule has 0 aliphatic carbocycles. The molecule has 124 valence electrons. The van der Waals surface area contributed by atoms with Crippen molar-refractivity contribution < 1.29 is 16.8 Å². The van der Waals surface area contributed by atoms with Crippen LogP contribution in [0.1, 0.15) is 18.4 Å². The topological polar surface area (TPSA) is 83.6 Å². The molecule has 1 unspecified atom stereocenters. The fourth-order valence-electron chi connectivity index (χ4n) is 2.78. The van der Waals surface area contributed by atoms with E-state index in [1.165, 1.54) is 16.4 Å². The van der Waals surface area contributed by atoms with Crippen LogP contribution >= 0.6 is 0 Å². The van der Waals surface area contributed by atoms with Crippen LogP contribution in [0.4, 0.5) is 0 Å². The maximum Gasteiger partial charge on any atom is 0.243 e. The van der Waals surface area contributed by atoms with E-state index in [4.69, 9.17) is 0 Å². The summed E-state index contributed by atoms with van der Waals surface area (Å²) in [6.45, 7) is 2.74. The fraction of sp³-hybridized carbons (Fsp3) is 0.571. The maximum absolute atomic E-state index is 12.9. The summed E-state index contributed by atoms with van der Waals surface area (Å²) in [7, 11) is -5.35. The third-order valence-corrected chi connectivity index (χ3v) is 7.14. The molecule has 0 aromatic heterocycles. The summed E-state index contributed by atoms with van der Waals surface area (Å²) in [5.41, 5.74) is 0.558. The van der Waals surface area contributed by atoms with Gasteiger partial charge < -0.3 is 5.32 Å². The highest BCUT2D eigenvalue weighted by atomic mass is 32.2. The van der Waals surface area contributed by atoms with Gasteiger partial charge in [-0.05, 0) is 44.5 Å². The molecule has 22 heavy (non-hydrogen) atoms. The van der Waals surface area contributed by atoms with E-state index in [1.54, 1.807) is 20.0 Å². The number of benzene rings is 1. The minimum atomic E-state index is -3.69. The molecular formula is C14H22N2O4S2. The molecule has 1 N–H and O–H groups in total. The summed E-state index contributed by atoms with van der Waals surface area (Å²) in [6, 6.07) is 4.18. The van der Waals surface area contributed by atoms with Crippen molar-refractivity contribution in [2.24, 2.45) is 0 Å². The van der Waals surface area contributed by atoms with Gasteiger partial charge in [0.05, 0.1) is 9.79 Å². The van der Waals surface area contributed by atoms with Gasteiger partial charge >= 0.3 is 0 Å². The third-order valence-electron chi connectivity index (χ3n) is 3.94. The van der Waals surface area contributed by atoms with Crippen LogP contribution < -0.4 is 5.32 Å². The van der Waals surface area contributed by atoms with Crippen LogP contribution in [0.15, 0.2) is 28.0 Å². The number of nitrogens with one attached hydrogen (secondary N) is 1. The molecule has 1 fully saturated rings. The van der Waals surface area contributed by atoms with Crippen molar-refractivity contribution in [3.8, 4) is 0 Å². The summed E-state index contributed by atoms with van der Waals surface area (Å²) in [4.78, 5) is 0.111. The Bertz CT molecular complexity index is 757. The van der Waals surface area contributed by atoms with Crippen molar-refractivity contribution in [1.29, 1.82) is 0 Å². The lowest BCUT2D eigenvalue weighted by molar-refractivity contribution is 0.379. The molecular weight excluding hydrogens is 324 g/mol. The predicted molar refractivity (Wildman–Crippen MR) is 85.1 cm³/mol. The first kappa shape index (κ1) is 17.4. The standard InChI is InChI=1S/C14H22N2O4S2/c1-11-6-7-13(21(3,17)18)9-14(11)22(19,20)16-8-4-5-12(16)10-15-2/h6-7,9,12,15H,4-5,8,10H2,1-3H3. The highest BCUT2D eigenvalue weighted by Crippen LogP contribution is 2.29. The van der Waals surface area contributed by atoms with Gasteiger partial charge in [0, 0.05) is 25.4 Å². The normalized spacial score (nSPS) is 20.4. The van der Waals surface area contributed by atoms with Crippen molar-refractivity contribution >= 4 is 19.9 Å². The Morgan fingerprint density at radius 1 is 1.27 bits per heavy atom. The molecule has 0 bridgehead atoms. The van der Waals surface area contributed by atoms with E-state index < -0.39 is 19.9 Å². The number of sulfonamides is 1. The number of hydrogen-bond acceptors (Lipinski definition) is 5. The Labute approximate surface area is 132 Å². The zero-order chi connectivity index (χ0) is 16.5. The average Bonchev–Trinajstić information content (AvgIpc) is 2.87. The largest absolute Gasteiger partial charge is 0.318 e. The number of rotatable bonds is 5. The molecule has 1 aromatic carbocycles. The lowest BCUT2D eigenvalue weighted by atomic mass is 10.2. The van der Waals surface area contributed by atoms with Gasteiger partial charge in [0.25, 0.3) is 0 Å². The van der Waals surface area contributed by atoms with Crippen LogP contribution in [0.3, 0.4) is 0 Å². The van der Waals surface area contributed by atoms with Crippen LogP contribution in [-0.2, 0) is 19.9 Å². The van der Waals surface area contributed by atoms with Crippen molar-refractivity contribution in [2.75, 3.05) is 26.4 Å². The first-order chi connectivity index (χ1) is 10.2. The summed E-state index contributed by atoms with van der Waals surface area (Å²) in [6.07, 6.45) is 2.70. The van der Waals surface area contributed by atoms with Crippen molar-refractivity contribution in [1.82, 2.24) is 9.62 Å². The van der Waals surface area contributed by atoms with Gasteiger partial charge in [-0.1, -0.05) is 6.07 Å². The van der Waals surface area contributed by atoms with E-state index in [-0.39, 0.29) is 15.8 Å². The second kappa shape index (κ2) is 6.27. The third kappa shape index (κ3) is 3.34. The van der Waals surface area contributed by atoms with Crippen LogP contribution in [0, 0.1) is 6.92 Å². The summed E-state index contributed by atoms with van der Waals surface area (Å²) in [5, 5.41) is 3.01. The SMILES string of the molecule is CNCC1CCCN1S(=O)(=O)c1cc(S(C)(=O)=O)ccc1C. The Balaban J connectivity index is 2.50. The van der Waals surface area contributed by atoms with E-state index in [9.17, 15) is 16.8 Å². The summed E-state index contributed by atoms with van der Waals surface area (Å²) >= 11 is 0. The first-order valence-corrected chi connectivity index (χ1v) is 10.5. The first-order valence-electron chi connectivity index (χ1n) is 7.15. The molecule has 8 heteroatoms. The minimum Gasteiger partial charge on any atom is -0.318 e. The van der Waals surface area contributed by atoms with E-state index in [0.717, 1.165) is 19.1 Å². The van der Waals surface area contributed by atoms with Gasteiger partial charge in [0.1, 0.15) is 0 Å². The van der Waals surface area contributed by atoms with Gasteiger partial charge in [0.2, 0.25) is 10.0 Å². The number of sulfone groups is 1. The molecule has 1 aliphatic rings. The highest BCUT2D eigenvalue weighted by Gasteiger charge is 2.35. The van der Waals surface area contributed by atoms with E-state index >= 15 is 0 Å². The molecule has 1 atom stereocenters. The molecule has 1 aromatic rings. The van der Waals surface area contributed by atoms with Crippen LogP contribution in [0.5, 0.6) is 0 Å². The Hall–Kier alpha value is -0.960. The Kier molecular flexibility index (Phi) is 4.96. The van der Waals surface area contributed by atoms with Gasteiger partial charge in [0.15, 0.2) is 9.84 Å². The lowest BCUT2D eigenvalue weighted by Gasteiger charge is -2.24.